The van der Waals surface area contributed by atoms with Gasteiger partial charge in [-0.25, -0.2) is 13.8 Å². The van der Waals surface area contributed by atoms with Crippen molar-refractivity contribution >= 4 is 5.69 Å². The van der Waals surface area contributed by atoms with E-state index in [2.05, 4.69) is 4.98 Å². The fourth-order valence-electron chi connectivity index (χ4n) is 1.13. The Hall–Kier alpha value is -1.44. The first-order chi connectivity index (χ1) is 7.27. The molecule has 0 aliphatic carbocycles. The highest BCUT2D eigenvalue weighted by Gasteiger charge is 2.36. The summed E-state index contributed by atoms with van der Waals surface area (Å²) in [7, 11) is 0. The van der Waals surface area contributed by atoms with Gasteiger partial charge in [-0.2, -0.15) is 13.2 Å². The summed E-state index contributed by atoms with van der Waals surface area (Å²) < 4.78 is 61.6. The van der Waals surface area contributed by atoms with E-state index in [9.17, 15) is 22.0 Å². The molecule has 0 saturated heterocycles. The number of aliphatic hydroxyl groups excluding tert-OH is 1. The summed E-state index contributed by atoms with van der Waals surface area (Å²) in [5.74, 6) is 0. The van der Waals surface area contributed by atoms with Crippen LogP contribution in [0, 0.1) is 0 Å². The summed E-state index contributed by atoms with van der Waals surface area (Å²) in [4.78, 5) is 2.75. The summed E-state index contributed by atoms with van der Waals surface area (Å²) in [6.45, 7) is -0.977. The number of nitrogens with zero attached hydrogens (tertiary/aromatic N) is 1. The molecule has 0 aliphatic heterocycles. The lowest BCUT2D eigenvalue weighted by atomic mass is 10.1. The number of hydrogen-bond acceptors (Lipinski definition) is 3. The molecular weight excluding hydrogens is 235 g/mol. The molecule has 1 rings (SSSR count). The van der Waals surface area contributed by atoms with E-state index >= 15 is 0 Å². The Balaban J connectivity index is 3.41. The molecule has 1 aromatic heterocycles. The third-order valence-electron chi connectivity index (χ3n) is 1.81. The van der Waals surface area contributed by atoms with Gasteiger partial charge < -0.3 is 10.8 Å². The van der Waals surface area contributed by atoms with E-state index in [1.807, 2.05) is 0 Å². The summed E-state index contributed by atoms with van der Waals surface area (Å²) in [5.41, 5.74) is 1.21. The van der Waals surface area contributed by atoms with Crippen LogP contribution < -0.4 is 5.73 Å². The maximum atomic E-state index is 12.4. The monoisotopic (exact) mass is 242 g/mol. The quantitative estimate of drug-likeness (QED) is 0.781. The minimum atomic E-state index is -4.91. The van der Waals surface area contributed by atoms with Crippen molar-refractivity contribution in [1.82, 2.24) is 4.98 Å². The number of anilines is 1. The lowest BCUT2D eigenvalue weighted by Crippen LogP contribution is -2.15. The van der Waals surface area contributed by atoms with E-state index in [-0.39, 0.29) is 0 Å². The van der Waals surface area contributed by atoms with Gasteiger partial charge in [0.25, 0.3) is 6.43 Å². The molecule has 0 bridgehead atoms. The van der Waals surface area contributed by atoms with Gasteiger partial charge in [0.1, 0.15) is 5.69 Å². The van der Waals surface area contributed by atoms with E-state index < -0.39 is 41.8 Å². The van der Waals surface area contributed by atoms with Crippen molar-refractivity contribution in [2.45, 2.75) is 19.2 Å². The molecule has 16 heavy (non-hydrogen) atoms. The number of hydrogen-bond donors (Lipinski definition) is 2. The van der Waals surface area contributed by atoms with Crippen molar-refractivity contribution < 1.29 is 27.1 Å². The summed E-state index contributed by atoms with van der Waals surface area (Å²) in [6.07, 6.45) is -8.11. The zero-order chi connectivity index (χ0) is 12.5. The number of nitrogens with two attached hydrogens (primary N) is 1. The Bertz CT molecular complexity index is 391. The summed E-state index contributed by atoms with van der Waals surface area (Å²) in [5, 5.41) is 8.65. The second-order valence-electron chi connectivity index (χ2n) is 2.93. The van der Waals surface area contributed by atoms with Crippen LogP contribution in [0.1, 0.15) is 23.4 Å². The number of alkyl halides is 5. The van der Waals surface area contributed by atoms with Gasteiger partial charge in [-0.05, 0) is 6.07 Å². The van der Waals surface area contributed by atoms with E-state index in [1.165, 1.54) is 0 Å². The van der Waals surface area contributed by atoms with Crippen molar-refractivity contribution in [3.05, 3.63) is 23.0 Å². The lowest BCUT2D eigenvalue weighted by Gasteiger charge is -2.13. The minimum Gasteiger partial charge on any atom is -0.397 e. The Kier molecular flexibility index (Phi) is 3.32. The van der Waals surface area contributed by atoms with Gasteiger partial charge in [0, 0.05) is 5.56 Å². The molecule has 8 heteroatoms. The maximum Gasteiger partial charge on any atom is 0.433 e. The normalized spacial score (nSPS) is 12.2. The molecule has 0 spiro atoms. The molecule has 0 atom stereocenters. The van der Waals surface area contributed by atoms with Gasteiger partial charge in [0.05, 0.1) is 12.3 Å². The average molecular weight is 242 g/mol. The average Bonchev–Trinajstić information content (AvgIpc) is 2.14. The SMILES string of the molecule is Nc1cc(CO)c(C(F)(F)F)nc1C(F)F. The van der Waals surface area contributed by atoms with Gasteiger partial charge in [-0.15, -0.1) is 0 Å². The summed E-state index contributed by atoms with van der Waals surface area (Å²) >= 11 is 0. The van der Waals surface area contributed by atoms with Crippen LogP contribution in [0.4, 0.5) is 27.6 Å². The second-order valence-corrected chi connectivity index (χ2v) is 2.93. The smallest absolute Gasteiger partial charge is 0.397 e. The van der Waals surface area contributed by atoms with Crippen molar-refractivity contribution in [2.75, 3.05) is 5.73 Å². The van der Waals surface area contributed by atoms with Gasteiger partial charge in [-0.3, -0.25) is 0 Å². The zero-order valence-corrected chi connectivity index (χ0v) is 7.72. The fourth-order valence-corrected chi connectivity index (χ4v) is 1.13. The number of halogens is 5. The largest absolute Gasteiger partial charge is 0.433 e. The predicted octanol–water partition coefficient (Wildman–Crippen LogP) is 2.11. The first kappa shape index (κ1) is 12.6. The zero-order valence-electron chi connectivity index (χ0n) is 7.72. The molecule has 0 aliphatic rings. The van der Waals surface area contributed by atoms with Crippen LogP contribution in [0.25, 0.3) is 0 Å². The highest BCUT2D eigenvalue weighted by atomic mass is 19.4. The van der Waals surface area contributed by atoms with Crippen LogP contribution in [-0.4, -0.2) is 10.1 Å². The van der Waals surface area contributed by atoms with Crippen molar-refractivity contribution in [3.8, 4) is 0 Å². The Morgan fingerprint density at radius 1 is 1.38 bits per heavy atom. The molecule has 1 aromatic rings. The number of rotatable bonds is 2. The standard InChI is InChI=1S/C8H7F5N2O/c9-7(10)5-4(14)1-3(2-16)6(15-5)8(11,12)13/h1,7,16H,2,14H2. The molecule has 0 radical (unpaired) electrons. The summed E-state index contributed by atoms with van der Waals surface area (Å²) in [6, 6.07) is 0.650. The molecular formula is C8H7F5N2O. The van der Waals surface area contributed by atoms with E-state index in [0.717, 1.165) is 0 Å². The van der Waals surface area contributed by atoms with E-state index in [4.69, 9.17) is 10.8 Å². The van der Waals surface area contributed by atoms with E-state index in [1.54, 1.807) is 0 Å². The Morgan fingerprint density at radius 2 is 1.94 bits per heavy atom. The highest BCUT2D eigenvalue weighted by Crippen LogP contribution is 2.34. The molecule has 3 nitrogen and oxygen atoms in total. The molecule has 0 unspecified atom stereocenters. The lowest BCUT2D eigenvalue weighted by molar-refractivity contribution is -0.142. The molecule has 0 saturated carbocycles. The van der Waals surface area contributed by atoms with Crippen LogP contribution in [0.2, 0.25) is 0 Å². The fraction of sp³-hybridized carbons (Fsp3) is 0.375. The number of aliphatic hydroxyl groups is 1. The van der Waals surface area contributed by atoms with Crippen molar-refractivity contribution in [1.29, 1.82) is 0 Å². The Morgan fingerprint density at radius 3 is 2.31 bits per heavy atom. The molecule has 0 fully saturated rings. The first-order valence-corrected chi connectivity index (χ1v) is 4.03. The number of nitrogen functional groups attached to an aromatic ring is 1. The van der Waals surface area contributed by atoms with Gasteiger partial charge >= 0.3 is 6.18 Å². The molecule has 3 N–H and O–H groups in total. The number of pyridine rings is 1. The molecule has 0 amide bonds. The highest BCUT2D eigenvalue weighted by molar-refractivity contribution is 5.48. The van der Waals surface area contributed by atoms with Gasteiger partial charge in [0.2, 0.25) is 0 Å². The molecule has 1 heterocycles. The first-order valence-electron chi connectivity index (χ1n) is 4.03. The predicted molar refractivity (Wildman–Crippen MR) is 44.5 cm³/mol. The van der Waals surface area contributed by atoms with Crippen LogP contribution in [0.3, 0.4) is 0 Å². The topological polar surface area (TPSA) is 59.1 Å². The van der Waals surface area contributed by atoms with Crippen LogP contribution in [-0.2, 0) is 12.8 Å². The number of aromatic nitrogens is 1. The van der Waals surface area contributed by atoms with Gasteiger partial charge in [-0.1, -0.05) is 0 Å². The third kappa shape index (κ3) is 2.38. The second kappa shape index (κ2) is 4.20. The van der Waals surface area contributed by atoms with Crippen LogP contribution in [0.15, 0.2) is 6.07 Å². The third-order valence-corrected chi connectivity index (χ3v) is 1.81. The maximum absolute atomic E-state index is 12.4. The van der Waals surface area contributed by atoms with E-state index in [0.29, 0.717) is 6.07 Å². The Labute approximate surface area is 86.7 Å². The van der Waals surface area contributed by atoms with Crippen molar-refractivity contribution in [3.63, 3.8) is 0 Å². The minimum absolute atomic E-state index is 0.577. The molecule has 90 valence electrons. The van der Waals surface area contributed by atoms with Crippen LogP contribution in [0.5, 0.6) is 0 Å². The molecule has 0 aromatic carbocycles. The van der Waals surface area contributed by atoms with Gasteiger partial charge in [0.15, 0.2) is 5.69 Å². The van der Waals surface area contributed by atoms with Crippen molar-refractivity contribution in [2.24, 2.45) is 0 Å². The van der Waals surface area contributed by atoms with Crippen LogP contribution >= 0.6 is 0 Å².